The summed E-state index contributed by atoms with van der Waals surface area (Å²) in [6, 6.07) is 0. The van der Waals surface area contributed by atoms with Gasteiger partial charge >= 0.3 is 0 Å². The molecule has 0 aliphatic carbocycles. The van der Waals surface area contributed by atoms with Gasteiger partial charge in [0.05, 0.1) is 5.54 Å². The lowest BCUT2D eigenvalue weighted by molar-refractivity contribution is -0.138. The van der Waals surface area contributed by atoms with Gasteiger partial charge in [-0.2, -0.15) is 0 Å². The second kappa shape index (κ2) is 7.78. The fourth-order valence-electron chi connectivity index (χ4n) is 2.86. The van der Waals surface area contributed by atoms with E-state index in [4.69, 9.17) is 5.73 Å². The second-order valence-corrected chi connectivity index (χ2v) is 6.44. The molecule has 0 saturated carbocycles. The molecule has 0 radical (unpaired) electrons. The smallest absolute Gasteiger partial charge is 0.225 e. The van der Waals surface area contributed by atoms with Crippen LogP contribution in [-0.2, 0) is 9.59 Å². The van der Waals surface area contributed by atoms with Crippen molar-refractivity contribution in [2.75, 3.05) is 19.6 Å². The summed E-state index contributed by atoms with van der Waals surface area (Å²) in [5, 5.41) is 3.15. The van der Waals surface area contributed by atoms with E-state index in [1.54, 1.807) is 0 Å². The highest BCUT2D eigenvalue weighted by atomic mass is 16.2. The highest BCUT2D eigenvalue weighted by Gasteiger charge is 2.32. The van der Waals surface area contributed by atoms with Gasteiger partial charge in [0.15, 0.2) is 0 Å². The van der Waals surface area contributed by atoms with E-state index in [0.29, 0.717) is 19.6 Å². The van der Waals surface area contributed by atoms with Crippen LogP contribution >= 0.6 is 0 Å². The van der Waals surface area contributed by atoms with Crippen molar-refractivity contribution in [3.05, 3.63) is 0 Å². The minimum absolute atomic E-state index is 0.00485. The third-order valence-electron chi connectivity index (χ3n) is 4.80. The average Bonchev–Trinajstić information content (AvgIpc) is 2.52. The summed E-state index contributed by atoms with van der Waals surface area (Å²) in [4.78, 5) is 26.3. The Balaban J connectivity index is 2.54. The van der Waals surface area contributed by atoms with E-state index in [-0.39, 0.29) is 29.2 Å². The minimum Gasteiger partial charge on any atom is -0.349 e. The van der Waals surface area contributed by atoms with Crippen molar-refractivity contribution in [1.29, 1.82) is 0 Å². The first-order valence-electron chi connectivity index (χ1n) is 8.20. The number of likely N-dealkylation sites (tertiary alicyclic amines) is 1. The Labute approximate surface area is 128 Å². The van der Waals surface area contributed by atoms with E-state index in [0.717, 1.165) is 25.7 Å². The van der Waals surface area contributed by atoms with Crippen molar-refractivity contribution in [2.45, 2.75) is 58.9 Å². The molecule has 0 unspecified atom stereocenters. The minimum atomic E-state index is -0.276. The molecule has 2 amide bonds. The lowest BCUT2D eigenvalue weighted by atomic mass is 9.89. The number of carbonyl (C=O) groups is 2. The van der Waals surface area contributed by atoms with E-state index in [1.807, 2.05) is 18.7 Å². The highest BCUT2D eigenvalue weighted by molar-refractivity contribution is 5.81. The lowest BCUT2D eigenvalue weighted by Gasteiger charge is -2.36. The van der Waals surface area contributed by atoms with Crippen LogP contribution < -0.4 is 11.1 Å². The number of amides is 2. The number of carbonyl (C=O) groups excluding carboxylic acids is 2. The molecule has 0 atom stereocenters. The van der Waals surface area contributed by atoms with Gasteiger partial charge in [0.1, 0.15) is 0 Å². The molecule has 0 aromatic rings. The molecule has 0 bridgehead atoms. The van der Waals surface area contributed by atoms with Crippen molar-refractivity contribution in [3.63, 3.8) is 0 Å². The molecule has 1 aliphatic heterocycles. The number of nitrogens with one attached hydrogen (secondary N) is 1. The Kier molecular flexibility index (Phi) is 6.65. The van der Waals surface area contributed by atoms with Gasteiger partial charge in [-0.3, -0.25) is 9.59 Å². The van der Waals surface area contributed by atoms with Crippen LogP contribution in [0.1, 0.15) is 53.4 Å². The molecule has 3 N–H and O–H groups in total. The lowest BCUT2D eigenvalue weighted by Crippen LogP contribution is -2.55. The van der Waals surface area contributed by atoms with E-state index in [9.17, 15) is 9.59 Å². The largest absolute Gasteiger partial charge is 0.349 e. The van der Waals surface area contributed by atoms with Crippen molar-refractivity contribution in [3.8, 4) is 0 Å². The molecular formula is C16H31N3O2. The fraction of sp³-hybridized carbons (Fsp3) is 0.875. The van der Waals surface area contributed by atoms with E-state index in [2.05, 4.69) is 19.2 Å². The van der Waals surface area contributed by atoms with E-state index in [1.165, 1.54) is 0 Å². The number of hydrogen-bond acceptors (Lipinski definition) is 3. The van der Waals surface area contributed by atoms with Crippen LogP contribution in [0.15, 0.2) is 0 Å². The predicted octanol–water partition coefficient (Wildman–Crippen LogP) is 1.51. The maximum atomic E-state index is 12.4. The molecule has 122 valence electrons. The Bertz CT molecular complexity index is 348. The van der Waals surface area contributed by atoms with Crippen molar-refractivity contribution in [2.24, 2.45) is 17.6 Å². The monoisotopic (exact) mass is 297 g/mol. The van der Waals surface area contributed by atoms with E-state index >= 15 is 0 Å². The van der Waals surface area contributed by atoms with Gasteiger partial charge in [-0.15, -0.1) is 0 Å². The summed E-state index contributed by atoms with van der Waals surface area (Å²) in [7, 11) is 0. The molecular weight excluding hydrogens is 266 g/mol. The molecule has 5 heteroatoms. The molecule has 1 fully saturated rings. The van der Waals surface area contributed by atoms with Crippen molar-refractivity contribution in [1.82, 2.24) is 10.2 Å². The van der Waals surface area contributed by atoms with Crippen molar-refractivity contribution < 1.29 is 9.59 Å². The van der Waals surface area contributed by atoms with Crippen LogP contribution in [0.5, 0.6) is 0 Å². The summed E-state index contributed by atoms with van der Waals surface area (Å²) >= 11 is 0. The zero-order valence-corrected chi connectivity index (χ0v) is 13.9. The predicted molar refractivity (Wildman–Crippen MR) is 84.7 cm³/mol. The average molecular weight is 297 g/mol. The Morgan fingerprint density at radius 2 is 1.76 bits per heavy atom. The quantitative estimate of drug-likeness (QED) is 0.780. The van der Waals surface area contributed by atoms with Gasteiger partial charge in [-0.05, 0) is 25.7 Å². The summed E-state index contributed by atoms with van der Waals surface area (Å²) < 4.78 is 0. The third kappa shape index (κ3) is 4.43. The number of hydrogen-bond donors (Lipinski definition) is 2. The van der Waals surface area contributed by atoms with Crippen LogP contribution in [0.2, 0.25) is 0 Å². The zero-order valence-electron chi connectivity index (χ0n) is 13.9. The van der Waals surface area contributed by atoms with Crippen LogP contribution in [0.25, 0.3) is 0 Å². The Morgan fingerprint density at radius 1 is 1.24 bits per heavy atom. The van der Waals surface area contributed by atoms with Crippen LogP contribution in [-0.4, -0.2) is 41.9 Å². The Morgan fingerprint density at radius 3 is 2.14 bits per heavy atom. The molecule has 5 nitrogen and oxygen atoms in total. The van der Waals surface area contributed by atoms with E-state index < -0.39 is 0 Å². The Hall–Kier alpha value is -1.10. The maximum absolute atomic E-state index is 12.4. The standard InChI is InChI=1S/C16H31N3O2/c1-5-16(6-2,11-17)18-14(20)13-7-9-19(10-8-13)15(21)12(3)4/h12-13H,5-11,17H2,1-4H3,(H,18,20). The summed E-state index contributed by atoms with van der Waals surface area (Å²) in [6.07, 6.45) is 3.18. The van der Waals surface area contributed by atoms with Crippen LogP contribution in [0.3, 0.4) is 0 Å². The van der Waals surface area contributed by atoms with Gasteiger partial charge in [-0.1, -0.05) is 27.7 Å². The summed E-state index contributed by atoms with van der Waals surface area (Å²) in [5.41, 5.74) is 5.56. The number of nitrogens with two attached hydrogens (primary N) is 1. The SMILES string of the molecule is CCC(CC)(CN)NC(=O)C1CCN(C(=O)C(C)C)CC1. The van der Waals surface area contributed by atoms with Gasteiger partial charge < -0.3 is 16.0 Å². The van der Waals surface area contributed by atoms with Crippen LogP contribution in [0, 0.1) is 11.8 Å². The van der Waals surface area contributed by atoms with Gasteiger partial charge in [0.2, 0.25) is 11.8 Å². The molecule has 21 heavy (non-hydrogen) atoms. The van der Waals surface area contributed by atoms with Crippen molar-refractivity contribution >= 4 is 11.8 Å². The molecule has 1 heterocycles. The first kappa shape index (κ1) is 18.0. The number of piperidine rings is 1. The zero-order chi connectivity index (χ0) is 16.0. The molecule has 0 spiro atoms. The molecule has 1 aliphatic rings. The topological polar surface area (TPSA) is 75.4 Å². The van der Waals surface area contributed by atoms with Gasteiger partial charge in [0, 0.05) is 31.5 Å². The third-order valence-corrected chi connectivity index (χ3v) is 4.80. The van der Waals surface area contributed by atoms with Gasteiger partial charge in [-0.25, -0.2) is 0 Å². The fourth-order valence-corrected chi connectivity index (χ4v) is 2.86. The maximum Gasteiger partial charge on any atom is 0.225 e. The number of nitrogens with zero attached hydrogens (tertiary/aromatic N) is 1. The van der Waals surface area contributed by atoms with Gasteiger partial charge in [0.25, 0.3) is 0 Å². The number of rotatable bonds is 6. The normalized spacial score (nSPS) is 17.1. The van der Waals surface area contributed by atoms with Crippen LogP contribution in [0.4, 0.5) is 0 Å². The first-order valence-corrected chi connectivity index (χ1v) is 8.20. The summed E-state index contributed by atoms with van der Waals surface area (Å²) in [5.74, 6) is 0.318. The highest BCUT2D eigenvalue weighted by Crippen LogP contribution is 2.21. The molecule has 1 rings (SSSR count). The first-order chi connectivity index (χ1) is 9.89. The molecule has 1 saturated heterocycles. The molecule has 0 aromatic heterocycles. The summed E-state index contributed by atoms with van der Waals surface area (Å²) in [6.45, 7) is 9.78. The molecule has 0 aromatic carbocycles. The second-order valence-electron chi connectivity index (χ2n) is 6.44.